The summed E-state index contributed by atoms with van der Waals surface area (Å²) in [5, 5.41) is 9.40. The summed E-state index contributed by atoms with van der Waals surface area (Å²) >= 11 is 0. The number of urea groups is 1. The summed E-state index contributed by atoms with van der Waals surface area (Å²) in [7, 11) is 3.79. The van der Waals surface area contributed by atoms with E-state index in [0.29, 0.717) is 23.1 Å². The van der Waals surface area contributed by atoms with Crippen LogP contribution in [0.1, 0.15) is 29.0 Å². The molecular weight excluding hydrogens is 610 g/mol. The minimum absolute atomic E-state index is 0.155. The van der Waals surface area contributed by atoms with Crippen LogP contribution >= 0.6 is 0 Å². The number of fused-ring (bicyclic) bond motifs is 3. The second-order valence-electron chi connectivity index (χ2n) is 12.8. The Morgan fingerprint density at radius 2 is 1.65 bits per heavy atom. The van der Waals surface area contributed by atoms with Gasteiger partial charge in [0.15, 0.2) is 0 Å². The number of hydrogen-bond acceptors (Lipinski definition) is 7. The number of benzene rings is 4. The van der Waals surface area contributed by atoms with Gasteiger partial charge in [0.2, 0.25) is 5.95 Å². The summed E-state index contributed by atoms with van der Waals surface area (Å²) in [6, 6.07) is 32.1. The molecule has 1 fully saturated rings. The molecule has 5 aromatic rings. The highest BCUT2D eigenvalue weighted by Crippen LogP contribution is 2.42. The number of carbonyl (C=O) groups is 1. The summed E-state index contributed by atoms with van der Waals surface area (Å²) in [6.45, 7) is 6.49. The predicted octanol–water partition coefficient (Wildman–Crippen LogP) is 7.20. The Balaban J connectivity index is 0.997. The van der Waals surface area contributed by atoms with Gasteiger partial charge in [0.1, 0.15) is 5.75 Å². The molecule has 2 heterocycles. The number of piperazine rings is 1. The van der Waals surface area contributed by atoms with Crippen molar-refractivity contribution < 1.29 is 9.53 Å². The molecule has 3 N–H and O–H groups in total. The van der Waals surface area contributed by atoms with Gasteiger partial charge in [-0.1, -0.05) is 72.8 Å². The van der Waals surface area contributed by atoms with Crippen molar-refractivity contribution in [3.63, 3.8) is 0 Å². The third-order valence-corrected chi connectivity index (χ3v) is 9.54. The van der Waals surface area contributed by atoms with Crippen LogP contribution in [0.3, 0.4) is 0 Å². The molecule has 0 radical (unpaired) electrons. The number of nitrogens with zero attached hydrogens (tertiary/aromatic N) is 4. The maximum atomic E-state index is 13.1. The van der Waals surface area contributed by atoms with Gasteiger partial charge in [0, 0.05) is 56.1 Å². The monoisotopic (exact) mass is 653 g/mol. The number of nitrogens with one attached hydrogen (secondary N) is 3. The number of likely N-dealkylation sites (N-methyl/N-ethyl adjacent to an activating group) is 1. The molecule has 2 amide bonds. The summed E-state index contributed by atoms with van der Waals surface area (Å²) < 4.78 is 5.52. The van der Waals surface area contributed by atoms with E-state index in [-0.39, 0.29) is 11.9 Å². The number of methoxy groups -OCH3 is 1. The average molecular weight is 654 g/mol. The zero-order chi connectivity index (χ0) is 33.6. The van der Waals surface area contributed by atoms with Crippen LogP contribution in [-0.4, -0.2) is 79.2 Å². The van der Waals surface area contributed by atoms with Crippen LogP contribution in [-0.2, 0) is 6.42 Å². The van der Waals surface area contributed by atoms with E-state index in [0.717, 1.165) is 80.1 Å². The Bertz CT molecular complexity index is 1890. The lowest BCUT2D eigenvalue weighted by Crippen LogP contribution is -2.44. The molecule has 9 nitrogen and oxygen atoms in total. The van der Waals surface area contributed by atoms with Gasteiger partial charge in [-0.05, 0) is 78.5 Å². The Morgan fingerprint density at radius 3 is 2.45 bits per heavy atom. The van der Waals surface area contributed by atoms with Gasteiger partial charge >= 0.3 is 6.03 Å². The van der Waals surface area contributed by atoms with Crippen molar-refractivity contribution in [2.24, 2.45) is 0 Å². The number of aromatic nitrogens is 2. The zero-order valence-corrected chi connectivity index (χ0v) is 28.2. The van der Waals surface area contributed by atoms with Crippen LogP contribution < -0.4 is 20.7 Å². The molecule has 9 heteroatoms. The first-order valence-corrected chi connectivity index (χ1v) is 17.1. The summed E-state index contributed by atoms with van der Waals surface area (Å²) in [4.78, 5) is 27.7. The van der Waals surface area contributed by atoms with Gasteiger partial charge < -0.3 is 30.5 Å². The molecule has 1 saturated heterocycles. The van der Waals surface area contributed by atoms with Crippen molar-refractivity contribution in [2.45, 2.75) is 18.8 Å². The van der Waals surface area contributed by atoms with E-state index in [1.54, 1.807) is 7.11 Å². The van der Waals surface area contributed by atoms with E-state index in [1.807, 2.05) is 66.9 Å². The van der Waals surface area contributed by atoms with Crippen molar-refractivity contribution in [3.8, 4) is 28.1 Å². The maximum Gasteiger partial charge on any atom is 0.323 e. The molecule has 1 aliphatic carbocycles. The normalized spacial score (nSPS) is 15.9. The molecule has 0 spiro atoms. The Kier molecular flexibility index (Phi) is 9.81. The Hall–Kier alpha value is -5.25. The van der Waals surface area contributed by atoms with Crippen molar-refractivity contribution in [1.82, 2.24) is 19.8 Å². The van der Waals surface area contributed by atoms with Gasteiger partial charge in [-0.15, -0.1) is 0 Å². The smallest absolute Gasteiger partial charge is 0.323 e. The molecule has 1 atom stereocenters. The number of ether oxygens (including phenoxy) is 1. The van der Waals surface area contributed by atoms with Crippen molar-refractivity contribution in [1.29, 1.82) is 0 Å². The van der Waals surface area contributed by atoms with Crippen LogP contribution in [0, 0.1) is 0 Å². The third-order valence-electron chi connectivity index (χ3n) is 9.54. The fourth-order valence-corrected chi connectivity index (χ4v) is 6.79. The minimum Gasteiger partial charge on any atom is -0.495 e. The number of amides is 2. The van der Waals surface area contributed by atoms with Gasteiger partial charge in [-0.3, -0.25) is 0 Å². The van der Waals surface area contributed by atoms with Crippen molar-refractivity contribution >= 4 is 23.4 Å². The quantitative estimate of drug-likeness (QED) is 0.137. The van der Waals surface area contributed by atoms with E-state index >= 15 is 0 Å². The number of anilines is 3. The second kappa shape index (κ2) is 14.9. The van der Waals surface area contributed by atoms with Crippen molar-refractivity contribution in [3.05, 3.63) is 120 Å². The largest absolute Gasteiger partial charge is 0.495 e. The molecule has 0 saturated carbocycles. The fraction of sp³-hybridized carbons (Fsp3) is 0.275. The van der Waals surface area contributed by atoms with E-state index in [4.69, 9.17) is 14.7 Å². The highest BCUT2D eigenvalue weighted by Gasteiger charge is 2.27. The maximum absolute atomic E-state index is 13.1. The minimum atomic E-state index is -0.339. The molecule has 250 valence electrons. The van der Waals surface area contributed by atoms with Crippen LogP contribution in [0.4, 0.5) is 22.1 Å². The number of carbonyl (C=O) groups excluding carboxylic acids is 1. The lowest BCUT2D eigenvalue weighted by Gasteiger charge is -2.32. The van der Waals surface area contributed by atoms with E-state index in [2.05, 4.69) is 69.2 Å². The summed E-state index contributed by atoms with van der Waals surface area (Å²) in [6.07, 6.45) is 3.85. The van der Waals surface area contributed by atoms with Gasteiger partial charge in [0.05, 0.1) is 18.5 Å². The molecule has 4 aromatic carbocycles. The SMILES string of the molecule is COc1ccc(-c2ccccc2)cc1NC(=O)Nc1ccc(C2Cc3cnc(NCCCN4CCN(C)CC4)nc3-c3ccccc32)cc1. The lowest BCUT2D eigenvalue weighted by atomic mass is 9.78. The first-order chi connectivity index (χ1) is 24.0. The highest BCUT2D eigenvalue weighted by molar-refractivity contribution is 6.01. The lowest BCUT2D eigenvalue weighted by molar-refractivity contribution is 0.154. The zero-order valence-electron chi connectivity index (χ0n) is 28.2. The van der Waals surface area contributed by atoms with Crippen LogP contribution in [0.15, 0.2) is 103 Å². The van der Waals surface area contributed by atoms with Crippen molar-refractivity contribution in [2.75, 3.05) is 69.4 Å². The van der Waals surface area contributed by atoms with Crippen LogP contribution in [0.5, 0.6) is 5.75 Å². The van der Waals surface area contributed by atoms with Crippen LogP contribution in [0.25, 0.3) is 22.4 Å². The molecular formula is C40H43N7O2. The topological polar surface area (TPSA) is 94.6 Å². The molecule has 1 aromatic heterocycles. The second-order valence-corrected chi connectivity index (χ2v) is 12.8. The van der Waals surface area contributed by atoms with Crippen LogP contribution in [0.2, 0.25) is 0 Å². The van der Waals surface area contributed by atoms with Gasteiger partial charge in [0.25, 0.3) is 0 Å². The van der Waals surface area contributed by atoms with E-state index in [1.165, 1.54) is 11.1 Å². The summed E-state index contributed by atoms with van der Waals surface area (Å²) in [5.41, 5.74) is 9.06. The standard InChI is InChI=1S/C40H43N7O2/c1-46-21-23-47(24-22-46)20-8-19-41-39-42-27-31-25-35(33-11-6-7-12-34(33)38(31)45-39)29-13-16-32(17-14-29)43-40(48)44-36-26-30(15-18-37(36)49-2)28-9-4-3-5-10-28/h3-7,9-18,26-27,35H,8,19-25H2,1-2H3,(H,41,42,45)(H2,43,44,48). The fourth-order valence-electron chi connectivity index (χ4n) is 6.79. The molecule has 0 bridgehead atoms. The highest BCUT2D eigenvalue weighted by atomic mass is 16.5. The summed E-state index contributed by atoms with van der Waals surface area (Å²) in [5.74, 6) is 1.43. The molecule has 2 aliphatic rings. The Labute approximate surface area is 288 Å². The van der Waals surface area contributed by atoms with Gasteiger partial charge in [-0.25, -0.2) is 14.8 Å². The first-order valence-electron chi connectivity index (χ1n) is 17.1. The third kappa shape index (κ3) is 7.58. The number of hydrogen-bond donors (Lipinski definition) is 3. The molecule has 49 heavy (non-hydrogen) atoms. The number of rotatable bonds is 10. The average Bonchev–Trinajstić information content (AvgIpc) is 3.14. The van der Waals surface area contributed by atoms with E-state index in [9.17, 15) is 4.79 Å². The molecule has 7 rings (SSSR count). The predicted molar refractivity (Wildman–Crippen MR) is 198 cm³/mol. The van der Waals surface area contributed by atoms with E-state index < -0.39 is 0 Å². The Morgan fingerprint density at radius 1 is 0.878 bits per heavy atom. The first kappa shape index (κ1) is 32.3. The van der Waals surface area contributed by atoms with Gasteiger partial charge in [-0.2, -0.15) is 0 Å². The molecule has 1 aliphatic heterocycles. The molecule has 1 unspecified atom stereocenters.